The van der Waals surface area contributed by atoms with Gasteiger partial charge in [0, 0.05) is 71.3 Å². The van der Waals surface area contributed by atoms with Crippen LogP contribution in [0.3, 0.4) is 0 Å². The Hall–Kier alpha value is -2.86. The molecule has 2 aliphatic rings. The predicted octanol–water partition coefficient (Wildman–Crippen LogP) is 1.94. The summed E-state index contributed by atoms with van der Waals surface area (Å²) in [7, 11) is -3.62. The molecule has 192 valence electrons. The zero-order valence-electron chi connectivity index (χ0n) is 20.4. The average molecular weight is 514 g/mol. The molecule has 0 unspecified atom stereocenters. The smallest absolute Gasteiger partial charge is 0.244 e. The largest absolute Gasteiger partial charge is 0.368 e. The Morgan fingerprint density at radius 2 is 1.69 bits per heavy atom. The minimum atomic E-state index is -3.62. The highest BCUT2D eigenvalue weighted by Gasteiger charge is 2.30. The fourth-order valence-electron chi connectivity index (χ4n) is 4.86. The number of nitrogens with zero attached hydrogens (tertiary/aromatic N) is 6. The van der Waals surface area contributed by atoms with Gasteiger partial charge in [-0.2, -0.15) is 4.31 Å². The van der Waals surface area contributed by atoms with Gasteiger partial charge in [-0.05, 0) is 30.7 Å². The van der Waals surface area contributed by atoms with Crippen molar-refractivity contribution >= 4 is 15.7 Å². The molecule has 0 aliphatic carbocycles. The first kappa shape index (κ1) is 24.8. The lowest BCUT2D eigenvalue weighted by atomic mass is 10.1. The molecular formula is C25H32FN7O2S. The second-order valence-corrected chi connectivity index (χ2v) is 11.3. The van der Waals surface area contributed by atoms with Crippen LogP contribution in [0.15, 0.2) is 60.1 Å². The van der Waals surface area contributed by atoms with Crippen molar-refractivity contribution in [1.82, 2.24) is 29.1 Å². The molecule has 2 aliphatic heterocycles. The van der Waals surface area contributed by atoms with Gasteiger partial charge in [0.1, 0.15) is 10.7 Å². The van der Waals surface area contributed by atoms with Gasteiger partial charge in [0.25, 0.3) is 0 Å². The van der Waals surface area contributed by atoms with E-state index in [1.807, 2.05) is 6.20 Å². The second-order valence-electron chi connectivity index (χ2n) is 9.32. The standard InChI is InChI=1S/C25H32FN7O2S/c1-20(21-2-4-22(26)5-3-21)33-19-29-16-24(33)18-30-10-12-32(13-11-30)36(34,35)25-14-23(15-28-17-25)31-8-6-27-7-9-31/h2-5,14-17,19-20,27H,6-13,18H2,1H3/t20-/m1/s1. The van der Waals surface area contributed by atoms with Crippen LogP contribution >= 0.6 is 0 Å². The quantitative estimate of drug-likeness (QED) is 0.517. The molecule has 1 N–H and O–H groups in total. The van der Waals surface area contributed by atoms with Crippen LogP contribution in [0, 0.1) is 5.82 Å². The topological polar surface area (TPSA) is 86.6 Å². The van der Waals surface area contributed by atoms with Crippen LogP contribution in [0.25, 0.3) is 0 Å². The minimum Gasteiger partial charge on any atom is -0.368 e. The van der Waals surface area contributed by atoms with Crippen LogP contribution < -0.4 is 10.2 Å². The van der Waals surface area contributed by atoms with Gasteiger partial charge in [0.05, 0.1) is 29.9 Å². The summed E-state index contributed by atoms with van der Waals surface area (Å²) in [5.41, 5.74) is 2.89. The van der Waals surface area contributed by atoms with Crippen LogP contribution in [0.4, 0.5) is 10.1 Å². The molecule has 1 atom stereocenters. The molecule has 2 aromatic heterocycles. The maximum Gasteiger partial charge on any atom is 0.244 e. The first-order valence-corrected chi connectivity index (χ1v) is 13.8. The molecule has 4 heterocycles. The highest BCUT2D eigenvalue weighted by atomic mass is 32.2. The number of hydrogen-bond acceptors (Lipinski definition) is 7. The van der Waals surface area contributed by atoms with Crippen molar-refractivity contribution in [2.45, 2.75) is 24.4 Å². The third kappa shape index (κ3) is 5.29. The van der Waals surface area contributed by atoms with Crippen molar-refractivity contribution in [2.24, 2.45) is 0 Å². The number of benzene rings is 1. The maximum atomic E-state index is 13.4. The summed E-state index contributed by atoms with van der Waals surface area (Å²) in [4.78, 5) is 13.2. The molecule has 1 aromatic carbocycles. The van der Waals surface area contributed by atoms with E-state index in [1.54, 1.807) is 35.0 Å². The van der Waals surface area contributed by atoms with E-state index in [-0.39, 0.29) is 16.8 Å². The summed E-state index contributed by atoms with van der Waals surface area (Å²) in [5, 5.41) is 3.31. The number of sulfonamides is 1. The summed E-state index contributed by atoms with van der Waals surface area (Å²) in [6, 6.07) is 8.28. The molecule has 2 fully saturated rings. The number of imidazole rings is 1. The van der Waals surface area contributed by atoms with Crippen LogP contribution in [-0.2, 0) is 16.6 Å². The van der Waals surface area contributed by atoms with Crippen LogP contribution in [0.2, 0.25) is 0 Å². The van der Waals surface area contributed by atoms with Crippen LogP contribution in [0.5, 0.6) is 0 Å². The lowest BCUT2D eigenvalue weighted by Gasteiger charge is -2.34. The van der Waals surface area contributed by atoms with Crippen molar-refractivity contribution in [3.8, 4) is 0 Å². The number of pyridine rings is 1. The Labute approximate surface area is 211 Å². The normalized spacial score (nSPS) is 18.9. The van der Waals surface area contributed by atoms with Crippen molar-refractivity contribution in [3.05, 3.63) is 72.3 Å². The van der Waals surface area contributed by atoms with Gasteiger partial charge in [0.15, 0.2) is 0 Å². The second kappa shape index (κ2) is 10.6. The molecule has 2 saturated heterocycles. The van der Waals surface area contributed by atoms with Gasteiger partial charge in [0.2, 0.25) is 10.0 Å². The van der Waals surface area contributed by atoms with Gasteiger partial charge in [-0.3, -0.25) is 9.88 Å². The van der Waals surface area contributed by atoms with Crippen molar-refractivity contribution in [3.63, 3.8) is 0 Å². The molecule has 36 heavy (non-hydrogen) atoms. The molecule has 3 aromatic rings. The monoisotopic (exact) mass is 513 g/mol. The van der Waals surface area contributed by atoms with Gasteiger partial charge in [-0.15, -0.1) is 0 Å². The number of anilines is 1. The highest BCUT2D eigenvalue weighted by Crippen LogP contribution is 2.24. The van der Waals surface area contributed by atoms with Crippen molar-refractivity contribution in [2.75, 3.05) is 57.3 Å². The molecule has 9 nitrogen and oxygen atoms in total. The fraction of sp³-hybridized carbons (Fsp3) is 0.440. The number of piperazine rings is 2. The molecule has 0 saturated carbocycles. The minimum absolute atomic E-state index is 0.0141. The van der Waals surface area contributed by atoms with E-state index in [9.17, 15) is 12.8 Å². The van der Waals surface area contributed by atoms with E-state index >= 15 is 0 Å². The van der Waals surface area contributed by atoms with E-state index in [0.717, 1.165) is 43.1 Å². The molecule has 0 amide bonds. The molecule has 11 heteroatoms. The molecule has 0 bridgehead atoms. The van der Waals surface area contributed by atoms with Gasteiger partial charge < -0.3 is 14.8 Å². The van der Waals surface area contributed by atoms with E-state index in [0.29, 0.717) is 32.7 Å². The fourth-order valence-corrected chi connectivity index (χ4v) is 6.26. The highest BCUT2D eigenvalue weighted by molar-refractivity contribution is 7.89. The lowest BCUT2D eigenvalue weighted by molar-refractivity contribution is 0.177. The third-order valence-corrected chi connectivity index (χ3v) is 8.92. The summed E-state index contributed by atoms with van der Waals surface area (Å²) >= 11 is 0. The van der Waals surface area contributed by atoms with E-state index < -0.39 is 10.0 Å². The van der Waals surface area contributed by atoms with Crippen molar-refractivity contribution < 1.29 is 12.8 Å². The number of halogens is 1. The summed E-state index contributed by atoms with van der Waals surface area (Å²) in [6.07, 6.45) is 6.82. The molecule has 5 rings (SSSR count). The van der Waals surface area contributed by atoms with Crippen LogP contribution in [-0.4, -0.2) is 84.5 Å². The van der Waals surface area contributed by atoms with Crippen molar-refractivity contribution in [1.29, 1.82) is 0 Å². The summed E-state index contributed by atoms with van der Waals surface area (Å²) in [5.74, 6) is -0.254. The zero-order chi connectivity index (χ0) is 25.1. The third-order valence-electron chi connectivity index (χ3n) is 7.05. The first-order chi connectivity index (χ1) is 17.4. The lowest BCUT2D eigenvalue weighted by Crippen LogP contribution is -2.48. The average Bonchev–Trinajstić information content (AvgIpc) is 3.37. The number of rotatable bonds is 7. The van der Waals surface area contributed by atoms with E-state index in [2.05, 4.69) is 36.6 Å². The maximum absolute atomic E-state index is 13.4. The van der Waals surface area contributed by atoms with Gasteiger partial charge >= 0.3 is 0 Å². The SMILES string of the molecule is C[C@H](c1ccc(F)cc1)n1cncc1CN1CCN(S(=O)(=O)c2cncc(N3CCNCC3)c2)CC1. The first-order valence-electron chi connectivity index (χ1n) is 12.3. The number of nitrogens with one attached hydrogen (secondary N) is 1. The Bertz CT molecular complexity index is 1270. The Kier molecular flexibility index (Phi) is 7.33. The molecule has 0 spiro atoms. The molecular weight excluding hydrogens is 481 g/mol. The van der Waals surface area contributed by atoms with E-state index in [1.165, 1.54) is 18.3 Å². The summed E-state index contributed by atoms with van der Waals surface area (Å²) in [6.45, 7) is 8.23. The van der Waals surface area contributed by atoms with E-state index in [4.69, 9.17) is 0 Å². The molecule has 0 radical (unpaired) electrons. The Balaban J connectivity index is 1.22. The van der Waals surface area contributed by atoms with Crippen LogP contribution in [0.1, 0.15) is 24.2 Å². The predicted molar refractivity (Wildman–Crippen MR) is 136 cm³/mol. The zero-order valence-corrected chi connectivity index (χ0v) is 21.2. The number of aromatic nitrogens is 3. The summed E-state index contributed by atoms with van der Waals surface area (Å²) < 4.78 is 43.7. The number of hydrogen-bond donors (Lipinski definition) is 1. The Morgan fingerprint density at radius 3 is 2.42 bits per heavy atom. The van der Waals surface area contributed by atoms with Gasteiger partial charge in [-0.1, -0.05) is 12.1 Å². The van der Waals surface area contributed by atoms with Gasteiger partial charge in [-0.25, -0.2) is 17.8 Å². The Morgan fingerprint density at radius 1 is 0.972 bits per heavy atom.